The Morgan fingerprint density at radius 2 is 2.19 bits per heavy atom. The number of hydrogen-bond donors (Lipinski definition) is 1. The molecular weight excluding hydrogens is 220 g/mol. The predicted molar refractivity (Wildman–Crippen MR) is 71.0 cm³/mol. The summed E-state index contributed by atoms with van der Waals surface area (Å²) >= 11 is 6.04. The zero-order chi connectivity index (χ0) is 11.7. The molecule has 16 heavy (non-hydrogen) atoms. The van der Waals surface area contributed by atoms with Crippen molar-refractivity contribution in [2.24, 2.45) is 11.8 Å². The summed E-state index contributed by atoms with van der Waals surface area (Å²) in [5.41, 5.74) is 7.82. The molecule has 88 valence electrons. The monoisotopic (exact) mass is 238 g/mol. The maximum atomic E-state index is 6.04. The first-order valence-electron chi connectivity index (χ1n) is 5.88. The highest BCUT2D eigenvalue weighted by Gasteiger charge is 2.26. The second-order valence-electron chi connectivity index (χ2n) is 4.91. The summed E-state index contributed by atoms with van der Waals surface area (Å²) in [6.07, 6.45) is 1.25. The van der Waals surface area contributed by atoms with Gasteiger partial charge in [0.1, 0.15) is 0 Å². The number of halogens is 1. The van der Waals surface area contributed by atoms with Gasteiger partial charge in [0.2, 0.25) is 0 Å². The third-order valence-electron chi connectivity index (χ3n) is 3.54. The van der Waals surface area contributed by atoms with Gasteiger partial charge in [-0.1, -0.05) is 31.5 Å². The van der Waals surface area contributed by atoms with Crippen molar-refractivity contribution < 1.29 is 0 Å². The van der Waals surface area contributed by atoms with Crippen molar-refractivity contribution in [2.45, 2.75) is 20.3 Å². The first kappa shape index (κ1) is 11.6. The summed E-state index contributed by atoms with van der Waals surface area (Å²) in [6, 6.07) is 5.87. The molecule has 1 aliphatic rings. The molecular formula is C13H19ClN2. The van der Waals surface area contributed by atoms with E-state index in [0.717, 1.165) is 30.6 Å². The van der Waals surface area contributed by atoms with E-state index in [0.29, 0.717) is 10.7 Å². The maximum absolute atomic E-state index is 6.04. The van der Waals surface area contributed by atoms with Gasteiger partial charge < -0.3 is 10.6 Å². The summed E-state index contributed by atoms with van der Waals surface area (Å²) < 4.78 is 0. The molecule has 1 aromatic carbocycles. The van der Waals surface area contributed by atoms with Gasteiger partial charge in [0.05, 0.1) is 16.4 Å². The fourth-order valence-electron chi connectivity index (χ4n) is 2.35. The van der Waals surface area contributed by atoms with Crippen molar-refractivity contribution >= 4 is 23.0 Å². The number of rotatable bonds is 2. The number of para-hydroxylation sites is 1. The van der Waals surface area contributed by atoms with E-state index in [9.17, 15) is 0 Å². The van der Waals surface area contributed by atoms with Crippen LogP contribution in [0, 0.1) is 11.8 Å². The third kappa shape index (κ3) is 2.12. The van der Waals surface area contributed by atoms with Crippen molar-refractivity contribution in [1.82, 2.24) is 0 Å². The van der Waals surface area contributed by atoms with Crippen LogP contribution in [0.5, 0.6) is 0 Å². The van der Waals surface area contributed by atoms with Crippen molar-refractivity contribution in [3.05, 3.63) is 23.2 Å². The third-order valence-corrected chi connectivity index (χ3v) is 3.87. The molecule has 2 rings (SSSR count). The highest BCUT2D eigenvalue weighted by Crippen LogP contribution is 2.34. The lowest BCUT2D eigenvalue weighted by atomic mass is 9.95. The van der Waals surface area contributed by atoms with Gasteiger partial charge >= 0.3 is 0 Å². The largest absolute Gasteiger partial charge is 0.396 e. The SMILES string of the molecule is CC(C)C1CCN(c2cccc(Cl)c2N)C1. The molecule has 0 radical (unpaired) electrons. The van der Waals surface area contributed by atoms with E-state index < -0.39 is 0 Å². The quantitative estimate of drug-likeness (QED) is 0.801. The van der Waals surface area contributed by atoms with Gasteiger partial charge in [-0.2, -0.15) is 0 Å². The van der Waals surface area contributed by atoms with E-state index in [1.54, 1.807) is 0 Å². The van der Waals surface area contributed by atoms with E-state index in [-0.39, 0.29) is 0 Å². The number of nitrogens with two attached hydrogens (primary N) is 1. The number of nitrogen functional groups attached to an aromatic ring is 1. The van der Waals surface area contributed by atoms with Crippen molar-refractivity contribution in [3.8, 4) is 0 Å². The molecule has 1 aliphatic heterocycles. The number of hydrogen-bond acceptors (Lipinski definition) is 2. The molecule has 1 heterocycles. The zero-order valence-corrected chi connectivity index (χ0v) is 10.7. The van der Waals surface area contributed by atoms with Crippen molar-refractivity contribution in [1.29, 1.82) is 0 Å². The van der Waals surface area contributed by atoms with E-state index >= 15 is 0 Å². The normalized spacial score (nSPS) is 20.8. The van der Waals surface area contributed by atoms with Gasteiger partial charge in [0.25, 0.3) is 0 Å². The lowest BCUT2D eigenvalue weighted by molar-refractivity contribution is 0.423. The first-order chi connectivity index (χ1) is 7.59. The summed E-state index contributed by atoms with van der Waals surface area (Å²) in [5, 5.41) is 0.658. The Morgan fingerprint density at radius 3 is 2.81 bits per heavy atom. The minimum absolute atomic E-state index is 0.658. The Morgan fingerprint density at radius 1 is 1.44 bits per heavy atom. The number of nitrogens with zero attached hydrogens (tertiary/aromatic N) is 1. The van der Waals surface area contributed by atoms with Gasteiger partial charge in [-0.15, -0.1) is 0 Å². The molecule has 0 spiro atoms. The molecule has 1 unspecified atom stereocenters. The van der Waals surface area contributed by atoms with Crippen LogP contribution in [0.2, 0.25) is 5.02 Å². The van der Waals surface area contributed by atoms with Gasteiger partial charge in [0, 0.05) is 13.1 Å². The molecule has 0 saturated carbocycles. The van der Waals surface area contributed by atoms with Crippen LogP contribution in [0.15, 0.2) is 18.2 Å². The van der Waals surface area contributed by atoms with Crippen molar-refractivity contribution in [2.75, 3.05) is 23.7 Å². The van der Waals surface area contributed by atoms with Gasteiger partial charge in [-0.3, -0.25) is 0 Å². The smallest absolute Gasteiger partial charge is 0.0741 e. The van der Waals surface area contributed by atoms with Crippen LogP contribution in [0.1, 0.15) is 20.3 Å². The Balaban J connectivity index is 2.17. The highest BCUT2D eigenvalue weighted by molar-refractivity contribution is 6.33. The molecule has 2 nitrogen and oxygen atoms in total. The fourth-order valence-corrected chi connectivity index (χ4v) is 2.52. The maximum Gasteiger partial charge on any atom is 0.0741 e. The lowest BCUT2D eigenvalue weighted by Gasteiger charge is -2.22. The topological polar surface area (TPSA) is 29.3 Å². The average Bonchev–Trinajstić information content (AvgIpc) is 2.71. The summed E-state index contributed by atoms with van der Waals surface area (Å²) in [6.45, 7) is 6.76. The minimum atomic E-state index is 0.658. The van der Waals surface area contributed by atoms with Crippen molar-refractivity contribution in [3.63, 3.8) is 0 Å². The molecule has 1 aromatic rings. The van der Waals surface area contributed by atoms with Crippen LogP contribution in [0.4, 0.5) is 11.4 Å². The fraction of sp³-hybridized carbons (Fsp3) is 0.538. The first-order valence-corrected chi connectivity index (χ1v) is 6.26. The van der Waals surface area contributed by atoms with Gasteiger partial charge in [-0.25, -0.2) is 0 Å². The van der Waals surface area contributed by atoms with Crippen LogP contribution in [-0.4, -0.2) is 13.1 Å². The Hall–Kier alpha value is -0.890. The summed E-state index contributed by atoms with van der Waals surface area (Å²) in [5.74, 6) is 1.52. The van der Waals surface area contributed by atoms with Crippen LogP contribution < -0.4 is 10.6 Å². The second-order valence-corrected chi connectivity index (χ2v) is 5.32. The molecule has 3 heteroatoms. The van der Waals surface area contributed by atoms with Crippen LogP contribution in [0.25, 0.3) is 0 Å². The molecule has 0 aromatic heterocycles. The summed E-state index contributed by atoms with van der Waals surface area (Å²) in [7, 11) is 0. The van der Waals surface area contributed by atoms with E-state index in [4.69, 9.17) is 17.3 Å². The standard InChI is InChI=1S/C13H19ClN2/c1-9(2)10-6-7-16(8-10)12-5-3-4-11(14)13(12)15/h3-5,9-10H,6-8,15H2,1-2H3. The Labute approximate surface area is 102 Å². The Bertz CT molecular complexity index is 376. The zero-order valence-electron chi connectivity index (χ0n) is 9.91. The van der Waals surface area contributed by atoms with Crippen LogP contribution >= 0.6 is 11.6 Å². The molecule has 1 saturated heterocycles. The van der Waals surface area contributed by atoms with Crippen LogP contribution in [0.3, 0.4) is 0 Å². The average molecular weight is 239 g/mol. The molecule has 2 N–H and O–H groups in total. The van der Waals surface area contributed by atoms with E-state index in [1.807, 2.05) is 12.1 Å². The molecule has 0 aliphatic carbocycles. The summed E-state index contributed by atoms with van der Waals surface area (Å²) in [4.78, 5) is 2.35. The Kier molecular flexibility index (Phi) is 3.29. The molecule has 0 amide bonds. The van der Waals surface area contributed by atoms with E-state index in [2.05, 4.69) is 24.8 Å². The van der Waals surface area contributed by atoms with E-state index in [1.165, 1.54) is 6.42 Å². The molecule has 0 bridgehead atoms. The minimum Gasteiger partial charge on any atom is -0.396 e. The molecule has 1 fully saturated rings. The number of benzene rings is 1. The highest BCUT2D eigenvalue weighted by atomic mass is 35.5. The van der Waals surface area contributed by atoms with Crippen LogP contribution in [-0.2, 0) is 0 Å². The lowest BCUT2D eigenvalue weighted by Crippen LogP contribution is -2.22. The van der Waals surface area contributed by atoms with Gasteiger partial charge in [0.15, 0.2) is 0 Å². The molecule has 1 atom stereocenters. The number of anilines is 2. The second kappa shape index (κ2) is 4.54. The predicted octanol–water partition coefficient (Wildman–Crippen LogP) is 3.40. The van der Waals surface area contributed by atoms with Gasteiger partial charge in [-0.05, 0) is 30.4 Å².